The van der Waals surface area contributed by atoms with Crippen LogP contribution in [0.25, 0.3) is 0 Å². The van der Waals surface area contributed by atoms with Gasteiger partial charge in [0.1, 0.15) is 0 Å². The van der Waals surface area contributed by atoms with E-state index in [4.69, 9.17) is 0 Å². The molecule has 2 amide bonds. The minimum atomic E-state index is -1.06. The maximum Gasteiger partial charge on any atom is 0.261 e. The first-order valence-electron chi connectivity index (χ1n) is 9.65. The highest BCUT2D eigenvalue weighted by Crippen LogP contribution is 2.31. The fraction of sp³-hybridized carbons (Fsp3) is 0.364. The number of carbonyl (C=O) groups is 2. The van der Waals surface area contributed by atoms with Gasteiger partial charge in [-0.15, -0.1) is 0 Å². The Morgan fingerprint density at radius 3 is 2.52 bits per heavy atom. The SMILES string of the molecule is O=C(NC1(Cc2ccccc2)C(=O)NCC2CCCCN21)c1ccccc1. The molecule has 0 bridgehead atoms. The van der Waals surface area contributed by atoms with Crippen molar-refractivity contribution in [2.75, 3.05) is 13.1 Å². The van der Waals surface area contributed by atoms with E-state index in [0.717, 1.165) is 31.4 Å². The monoisotopic (exact) mass is 363 g/mol. The van der Waals surface area contributed by atoms with Gasteiger partial charge in [-0.1, -0.05) is 55.0 Å². The number of hydrogen-bond donors (Lipinski definition) is 2. The second-order valence-corrected chi connectivity index (χ2v) is 7.40. The summed E-state index contributed by atoms with van der Waals surface area (Å²) >= 11 is 0. The molecule has 0 aromatic heterocycles. The van der Waals surface area contributed by atoms with Crippen molar-refractivity contribution < 1.29 is 9.59 Å². The van der Waals surface area contributed by atoms with Gasteiger partial charge in [-0.25, -0.2) is 0 Å². The van der Waals surface area contributed by atoms with E-state index in [-0.39, 0.29) is 17.9 Å². The van der Waals surface area contributed by atoms with E-state index >= 15 is 0 Å². The van der Waals surface area contributed by atoms with Gasteiger partial charge in [0.2, 0.25) is 0 Å². The highest BCUT2D eigenvalue weighted by molar-refractivity contribution is 5.99. The van der Waals surface area contributed by atoms with E-state index in [1.807, 2.05) is 48.5 Å². The first-order chi connectivity index (χ1) is 13.2. The Labute approximate surface area is 159 Å². The van der Waals surface area contributed by atoms with Crippen molar-refractivity contribution >= 4 is 11.8 Å². The Morgan fingerprint density at radius 1 is 1.07 bits per heavy atom. The number of piperazine rings is 1. The number of amides is 2. The molecule has 2 aliphatic heterocycles. The minimum Gasteiger partial charge on any atom is -0.351 e. The van der Waals surface area contributed by atoms with E-state index < -0.39 is 5.66 Å². The maximum absolute atomic E-state index is 13.2. The number of piperidine rings is 1. The standard InChI is InChI=1S/C22H25N3O2/c26-20(18-11-5-2-6-12-18)24-22(15-17-9-3-1-4-10-17)21(27)23-16-19-13-7-8-14-25(19)22/h1-6,9-12,19H,7-8,13-16H2,(H,23,27)(H,24,26). The minimum absolute atomic E-state index is 0.117. The summed E-state index contributed by atoms with van der Waals surface area (Å²) in [5.74, 6) is -0.332. The number of benzene rings is 2. The summed E-state index contributed by atoms with van der Waals surface area (Å²) in [6.45, 7) is 1.47. The van der Waals surface area contributed by atoms with Crippen LogP contribution in [0.3, 0.4) is 0 Å². The van der Waals surface area contributed by atoms with Crippen molar-refractivity contribution in [3.05, 3.63) is 71.8 Å². The van der Waals surface area contributed by atoms with Gasteiger partial charge in [-0.3, -0.25) is 14.5 Å². The lowest BCUT2D eigenvalue weighted by Crippen LogP contribution is -2.77. The molecule has 140 valence electrons. The third-order valence-corrected chi connectivity index (χ3v) is 5.65. The van der Waals surface area contributed by atoms with E-state index in [1.54, 1.807) is 12.1 Å². The van der Waals surface area contributed by atoms with Crippen LogP contribution in [0.5, 0.6) is 0 Å². The van der Waals surface area contributed by atoms with E-state index in [1.165, 1.54) is 0 Å². The van der Waals surface area contributed by atoms with Crippen molar-refractivity contribution in [1.29, 1.82) is 0 Å². The molecule has 2 aromatic carbocycles. The Hall–Kier alpha value is -2.66. The zero-order chi connectivity index (χ0) is 18.7. The Kier molecular flexibility index (Phi) is 4.94. The number of nitrogens with zero attached hydrogens (tertiary/aromatic N) is 1. The van der Waals surface area contributed by atoms with Gasteiger partial charge >= 0.3 is 0 Å². The predicted octanol–water partition coefficient (Wildman–Crippen LogP) is 2.34. The topological polar surface area (TPSA) is 61.4 Å². The summed E-state index contributed by atoms with van der Waals surface area (Å²) in [6.07, 6.45) is 3.69. The molecule has 5 nitrogen and oxygen atoms in total. The molecule has 5 heteroatoms. The molecule has 27 heavy (non-hydrogen) atoms. The first kappa shape index (κ1) is 17.7. The molecule has 2 unspecified atom stereocenters. The molecule has 0 radical (unpaired) electrons. The van der Waals surface area contributed by atoms with Gasteiger partial charge in [0.25, 0.3) is 11.8 Å². The molecule has 2 saturated heterocycles. The molecule has 2 atom stereocenters. The number of carbonyl (C=O) groups excluding carboxylic acids is 2. The summed E-state index contributed by atoms with van der Waals surface area (Å²) in [4.78, 5) is 28.4. The zero-order valence-electron chi connectivity index (χ0n) is 15.4. The zero-order valence-corrected chi connectivity index (χ0v) is 15.4. The van der Waals surface area contributed by atoms with Crippen LogP contribution in [0.2, 0.25) is 0 Å². The third kappa shape index (κ3) is 3.47. The summed E-state index contributed by atoms with van der Waals surface area (Å²) in [6, 6.07) is 19.3. The second-order valence-electron chi connectivity index (χ2n) is 7.40. The quantitative estimate of drug-likeness (QED) is 0.877. The second kappa shape index (κ2) is 7.53. The molecule has 2 heterocycles. The van der Waals surface area contributed by atoms with E-state index in [9.17, 15) is 9.59 Å². The third-order valence-electron chi connectivity index (χ3n) is 5.65. The van der Waals surface area contributed by atoms with E-state index in [2.05, 4.69) is 15.5 Å². The fourth-order valence-corrected chi connectivity index (χ4v) is 4.30. The summed E-state index contributed by atoms with van der Waals surface area (Å²) in [5, 5.41) is 6.17. The average molecular weight is 363 g/mol. The highest BCUT2D eigenvalue weighted by Gasteiger charge is 2.51. The number of fused-ring (bicyclic) bond motifs is 1. The van der Waals surface area contributed by atoms with Crippen LogP contribution in [0.15, 0.2) is 60.7 Å². The molecular weight excluding hydrogens is 338 g/mol. The van der Waals surface area contributed by atoms with Gasteiger partial charge < -0.3 is 10.6 Å². The van der Waals surface area contributed by atoms with Crippen LogP contribution < -0.4 is 10.6 Å². The lowest BCUT2D eigenvalue weighted by molar-refractivity contribution is -0.145. The van der Waals surface area contributed by atoms with Crippen molar-refractivity contribution in [2.24, 2.45) is 0 Å². The van der Waals surface area contributed by atoms with Crippen molar-refractivity contribution in [3.63, 3.8) is 0 Å². The molecule has 4 rings (SSSR count). The summed E-state index contributed by atoms with van der Waals surface area (Å²) < 4.78 is 0. The average Bonchev–Trinajstić information content (AvgIpc) is 2.72. The number of hydrogen-bond acceptors (Lipinski definition) is 3. The summed E-state index contributed by atoms with van der Waals surface area (Å²) in [5.41, 5.74) is 0.543. The van der Waals surface area contributed by atoms with Crippen LogP contribution in [0, 0.1) is 0 Å². The smallest absolute Gasteiger partial charge is 0.261 e. The molecular formula is C22H25N3O2. The van der Waals surface area contributed by atoms with Crippen LogP contribution in [0.1, 0.15) is 35.2 Å². The van der Waals surface area contributed by atoms with Gasteiger partial charge in [-0.05, 0) is 30.5 Å². The summed E-state index contributed by atoms with van der Waals surface area (Å²) in [7, 11) is 0. The Bertz CT molecular complexity index is 809. The Balaban J connectivity index is 1.72. The van der Waals surface area contributed by atoms with Crippen LogP contribution >= 0.6 is 0 Å². The molecule has 2 aliphatic rings. The highest BCUT2D eigenvalue weighted by atomic mass is 16.2. The lowest BCUT2D eigenvalue weighted by Gasteiger charge is -2.52. The van der Waals surface area contributed by atoms with Crippen LogP contribution in [0.4, 0.5) is 0 Å². The number of rotatable bonds is 4. The predicted molar refractivity (Wildman–Crippen MR) is 104 cm³/mol. The van der Waals surface area contributed by atoms with E-state index in [0.29, 0.717) is 18.5 Å². The molecule has 0 aliphatic carbocycles. The van der Waals surface area contributed by atoms with Crippen molar-refractivity contribution in [3.8, 4) is 0 Å². The fourth-order valence-electron chi connectivity index (χ4n) is 4.30. The number of nitrogens with one attached hydrogen (secondary N) is 2. The lowest BCUT2D eigenvalue weighted by atomic mass is 9.87. The van der Waals surface area contributed by atoms with Crippen molar-refractivity contribution in [2.45, 2.75) is 37.4 Å². The van der Waals surface area contributed by atoms with Gasteiger partial charge in [0, 0.05) is 31.1 Å². The van der Waals surface area contributed by atoms with Crippen LogP contribution in [-0.4, -0.2) is 41.5 Å². The normalized spacial score (nSPS) is 25.3. The maximum atomic E-state index is 13.2. The van der Waals surface area contributed by atoms with Gasteiger partial charge in [0.05, 0.1) is 0 Å². The first-order valence-corrected chi connectivity index (χ1v) is 9.65. The molecule has 2 aromatic rings. The van der Waals surface area contributed by atoms with Gasteiger partial charge in [0.15, 0.2) is 5.66 Å². The van der Waals surface area contributed by atoms with Crippen molar-refractivity contribution in [1.82, 2.24) is 15.5 Å². The molecule has 0 spiro atoms. The molecule has 2 fully saturated rings. The van der Waals surface area contributed by atoms with Gasteiger partial charge in [-0.2, -0.15) is 0 Å². The molecule has 0 saturated carbocycles. The van der Waals surface area contributed by atoms with Crippen LogP contribution in [-0.2, 0) is 11.2 Å². The molecule has 2 N–H and O–H groups in total. The largest absolute Gasteiger partial charge is 0.351 e. The Morgan fingerprint density at radius 2 is 1.78 bits per heavy atom.